The fraction of sp³-hybridized carbons (Fsp3) is 0.727. The summed E-state index contributed by atoms with van der Waals surface area (Å²) in [5, 5.41) is 3.40. The van der Waals surface area contributed by atoms with Crippen LogP contribution in [0, 0.1) is 5.92 Å². The van der Waals surface area contributed by atoms with Crippen molar-refractivity contribution in [2.75, 3.05) is 11.9 Å². The standard InChI is InChI=1S/C11H19N3/c1-9(2)5-6-12-11-13-7-8-14(11)10-3-4-10/h7-10H,3-6H2,1-2H3,(H,12,13). The monoisotopic (exact) mass is 193 g/mol. The highest BCUT2D eigenvalue weighted by atomic mass is 15.2. The van der Waals surface area contributed by atoms with Crippen LogP contribution in [0.3, 0.4) is 0 Å². The molecule has 0 aromatic carbocycles. The van der Waals surface area contributed by atoms with Gasteiger partial charge in [-0.2, -0.15) is 0 Å². The van der Waals surface area contributed by atoms with Crippen LogP contribution in [0.15, 0.2) is 12.4 Å². The summed E-state index contributed by atoms with van der Waals surface area (Å²) in [7, 11) is 0. The van der Waals surface area contributed by atoms with Crippen molar-refractivity contribution in [3.63, 3.8) is 0 Å². The first-order chi connectivity index (χ1) is 6.77. The fourth-order valence-electron chi connectivity index (χ4n) is 1.57. The zero-order valence-corrected chi connectivity index (χ0v) is 9.03. The Kier molecular flexibility index (Phi) is 2.75. The first kappa shape index (κ1) is 9.56. The lowest BCUT2D eigenvalue weighted by Crippen LogP contribution is -2.09. The van der Waals surface area contributed by atoms with E-state index in [-0.39, 0.29) is 0 Å². The van der Waals surface area contributed by atoms with Gasteiger partial charge in [0.2, 0.25) is 5.95 Å². The maximum atomic E-state index is 4.33. The van der Waals surface area contributed by atoms with Gasteiger partial charge >= 0.3 is 0 Å². The van der Waals surface area contributed by atoms with Gasteiger partial charge in [0.05, 0.1) is 0 Å². The van der Waals surface area contributed by atoms with Crippen molar-refractivity contribution in [1.82, 2.24) is 9.55 Å². The molecule has 1 aliphatic carbocycles. The Morgan fingerprint density at radius 1 is 1.57 bits per heavy atom. The van der Waals surface area contributed by atoms with Crippen molar-refractivity contribution in [1.29, 1.82) is 0 Å². The van der Waals surface area contributed by atoms with E-state index in [1.54, 1.807) is 0 Å². The number of nitrogens with zero attached hydrogens (tertiary/aromatic N) is 2. The highest BCUT2D eigenvalue weighted by Gasteiger charge is 2.25. The maximum Gasteiger partial charge on any atom is 0.203 e. The second-order valence-corrected chi connectivity index (χ2v) is 4.50. The molecule has 1 saturated carbocycles. The summed E-state index contributed by atoms with van der Waals surface area (Å²) in [5.41, 5.74) is 0. The predicted molar refractivity (Wildman–Crippen MR) is 58.4 cm³/mol. The summed E-state index contributed by atoms with van der Waals surface area (Å²) in [4.78, 5) is 4.33. The first-order valence-electron chi connectivity index (χ1n) is 5.54. The van der Waals surface area contributed by atoms with E-state index in [2.05, 4.69) is 34.9 Å². The van der Waals surface area contributed by atoms with Crippen molar-refractivity contribution < 1.29 is 0 Å². The molecule has 1 heterocycles. The Labute approximate surface area is 85.5 Å². The van der Waals surface area contributed by atoms with E-state index in [1.807, 2.05) is 6.20 Å². The number of rotatable bonds is 5. The van der Waals surface area contributed by atoms with Crippen molar-refractivity contribution >= 4 is 5.95 Å². The number of hydrogen-bond acceptors (Lipinski definition) is 2. The van der Waals surface area contributed by atoms with Crippen LogP contribution in [0.25, 0.3) is 0 Å². The second kappa shape index (κ2) is 4.03. The number of imidazole rings is 1. The lowest BCUT2D eigenvalue weighted by Gasteiger charge is -2.09. The molecule has 0 spiro atoms. The third-order valence-electron chi connectivity index (χ3n) is 2.61. The van der Waals surface area contributed by atoms with Gasteiger partial charge < -0.3 is 9.88 Å². The average Bonchev–Trinajstić information content (AvgIpc) is 2.87. The molecule has 1 aromatic heterocycles. The van der Waals surface area contributed by atoms with Crippen LogP contribution in [0.4, 0.5) is 5.95 Å². The molecule has 0 aliphatic heterocycles. The Hall–Kier alpha value is -0.990. The van der Waals surface area contributed by atoms with E-state index in [0.717, 1.165) is 24.5 Å². The second-order valence-electron chi connectivity index (χ2n) is 4.50. The number of anilines is 1. The molecule has 0 radical (unpaired) electrons. The Bertz CT molecular complexity index is 286. The van der Waals surface area contributed by atoms with Gasteiger partial charge in [-0.05, 0) is 25.2 Å². The van der Waals surface area contributed by atoms with Crippen LogP contribution in [0.5, 0.6) is 0 Å². The number of aromatic nitrogens is 2. The first-order valence-corrected chi connectivity index (χ1v) is 5.54. The van der Waals surface area contributed by atoms with Crippen molar-refractivity contribution in [3.8, 4) is 0 Å². The Morgan fingerprint density at radius 3 is 3.00 bits per heavy atom. The van der Waals surface area contributed by atoms with E-state index in [0.29, 0.717) is 0 Å². The number of hydrogen-bond donors (Lipinski definition) is 1. The molecule has 1 fully saturated rings. The fourth-order valence-corrected chi connectivity index (χ4v) is 1.57. The molecule has 1 aromatic rings. The molecule has 0 bridgehead atoms. The minimum absolute atomic E-state index is 0.721. The molecule has 0 unspecified atom stereocenters. The largest absolute Gasteiger partial charge is 0.356 e. The van der Waals surface area contributed by atoms with Crippen LogP contribution >= 0.6 is 0 Å². The van der Waals surface area contributed by atoms with Gasteiger partial charge in [-0.25, -0.2) is 4.98 Å². The minimum Gasteiger partial charge on any atom is -0.356 e. The summed E-state index contributed by atoms with van der Waals surface area (Å²) in [6.45, 7) is 5.52. The van der Waals surface area contributed by atoms with E-state index >= 15 is 0 Å². The van der Waals surface area contributed by atoms with Gasteiger partial charge in [-0.15, -0.1) is 0 Å². The molecule has 3 nitrogen and oxygen atoms in total. The lowest BCUT2D eigenvalue weighted by molar-refractivity contribution is 0.603. The molecule has 1 N–H and O–H groups in total. The molecule has 78 valence electrons. The van der Waals surface area contributed by atoms with Crippen LogP contribution < -0.4 is 5.32 Å². The molecule has 0 amide bonds. The molecular weight excluding hydrogens is 174 g/mol. The van der Waals surface area contributed by atoms with Gasteiger partial charge in [0.1, 0.15) is 0 Å². The average molecular weight is 193 g/mol. The van der Waals surface area contributed by atoms with Gasteiger partial charge in [0.25, 0.3) is 0 Å². The van der Waals surface area contributed by atoms with Crippen LogP contribution in [0.1, 0.15) is 39.2 Å². The normalized spacial score (nSPS) is 16.2. The van der Waals surface area contributed by atoms with Gasteiger partial charge in [-0.3, -0.25) is 0 Å². The zero-order valence-electron chi connectivity index (χ0n) is 9.03. The summed E-state index contributed by atoms with van der Waals surface area (Å²) in [6.07, 6.45) is 7.80. The molecule has 3 heteroatoms. The van der Waals surface area contributed by atoms with Crippen LogP contribution in [-0.4, -0.2) is 16.1 Å². The van der Waals surface area contributed by atoms with Crippen LogP contribution in [0.2, 0.25) is 0 Å². The molecule has 2 rings (SSSR count). The summed E-state index contributed by atoms with van der Waals surface area (Å²) in [6, 6.07) is 0.721. The predicted octanol–water partition coefficient (Wildman–Crippen LogP) is 2.68. The van der Waals surface area contributed by atoms with Crippen molar-refractivity contribution in [2.24, 2.45) is 5.92 Å². The highest BCUT2D eigenvalue weighted by Crippen LogP contribution is 2.36. The van der Waals surface area contributed by atoms with Crippen LogP contribution in [-0.2, 0) is 0 Å². The lowest BCUT2D eigenvalue weighted by atomic mass is 10.1. The smallest absolute Gasteiger partial charge is 0.203 e. The molecule has 0 saturated heterocycles. The topological polar surface area (TPSA) is 29.9 Å². The summed E-state index contributed by atoms with van der Waals surface area (Å²) < 4.78 is 2.26. The van der Waals surface area contributed by atoms with Crippen molar-refractivity contribution in [2.45, 2.75) is 39.2 Å². The van der Waals surface area contributed by atoms with E-state index in [1.165, 1.54) is 19.3 Å². The molecular formula is C11H19N3. The van der Waals surface area contributed by atoms with Crippen molar-refractivity contribution in [3.05, 3.63) is 12.4 Å². The molecule has 0 atom stereocenters. The molecule has 1 aliphatic rings. The van der Waals surface area contributed by atoms with Gasteiger partial charge in [-0.1, -0.05) is 13.8 Å². The number of nitrogens with one attached hydrogen (secondary N) is 1. The van der Waals surface area contributed by atoms with Gasteiger partial charge in [0.15, 0.2) is 0 Å². The maximum absolute atomic E-state index is 4.33. The van der Waals surface area contributed by atoms with E-state index in [9.17, 15) is 0 Å². The summed E-state index contributed by atoms with van der Waals surface area (Å²) >= 11 is 0. The minimum atomic E-state index is 0.721. The Balaban J connectivity index is 1.85. The third kappa shape index (κ3) is 2.28. The SMILES string of the molecule is CC(C)CCNc1nccn1C1CC1. The van der Waals surface area contributed by atoms with E-state index < -0.39 is 0 Å². The molecule has 14 heavy (non-hydrogen) atoms. The van der Waals surface area contributed by atoms with Gasteiger partial charge in [0, 0.05) is 25.0 Å². The Morgan fingerprint density at radius 2 is 2.36 bits per heavy atom. The zero-order chi connectivity index (χ0) is 9.97. The quantitative estimate of drug-likeness (QED) is 0.779. The summed E-state index contributed by atoms with van der Waals surface area (Å²) in [5.74, 6) is 1.81. The highest BCUT2D eigenvalue weighted by molar-refractivity contribution is 5.27. The third-order valence-corrected chi connectivity index (χ3v) is 2.61. The van der Waals surface area contributed by atoms with E-state index in [4.69, 9.17) is 0 Å².